The van der Waals surface area contributed by atoms with Gasteiger partial charge in [-0.05, 0) is 24.6 Å². The third-order valence-corrected chi connectivity index (χ3v) is 3.64. The van der Waals surface area contributed by atoms with Crippen LogP contribution in [-0.2, 0) is 0 Å². The molecule has 2 N–H and O–H groups in total. The number of halogens is 6. The van der Waals surface area contributed by atoms with E-state index in [4.69, 9.17) is 0 Å². The first-order valence-electron chi connectivity index (χ1n) is 6.87. The first kappa shape index (κ1) is 22.2. The number of nitrogens with one attached hydrogen (secondary N) is 1. The van der Waals surface area contributed by atoms with Crippen LogP contribution in [0.3, 0.4) is 0 Å². The molecule has 1 atom stereocenters. The standard InChI is InChI=1S/C14H18F4N2O.2ClH/c15-10-1-2-13(21)11(9-10)12(3-4-14(16,17)18)20-7-5-19-6-8-20;;/h1-2,9,12,19,21H,3-8H2;2*1H/t12-;;/m1../s1. The second kappa shape index (κ2) is 9.52. The normalized spacial score (nSPS) is 17.0. The summed E-state index contributed by atoms with van der Waals surface area (Å²) in [6.07, 6.45) is -5.42. The Morgan fingerprint density at radius 3 is 2.35 bits per heavy atom. The molecule has 0 amide bonds. The number of phenolic OH excluding ortho intramolecular Hbond substituents is 1. The Kier molecular flexibility index (Phi) is 9.20. The molecule has 134 valence electrons. The van der Waals surface area contributed by atoms with E-state index < -0.39 is 24.5 Å². The van der Waals surface area contributed by atoms with E-state index in [2.05, 4.69) is 5.32 Å². The van der Waals surface area contributed by atoms with Gasteiger partial charge in [0.15, 0.2) is 0 Å². The van der Waals surface area contributed by atoms with Crippen molar-refractivity contribution in [1.29, 1.82) is 0 Å². The fourth-order valence-electron chi connectivity index (χ4n) is 2.62. The van der Waals surface area contributed by atoms with Crippen LogP contribution in [0.5, 0.6) is 5.75 Å². The zero-order valence-corrected chi connectivity index (χ0v) is 13.9. The van der Waals surface area contributed by atoms with E-state index in [0.717, 1.165) is 12.1 Å². The quantitative estimate of drug-likeness (QED) is 0.784. The van der Waals surface area contributed by atoms with Crippen molar-refractivity contribution in [3.63, 3.8) is 0 Å². The minimum absolute atomic E-state index is 0. The van der Waals surface area contributed by atoms with Gasteiger partial charge in [-0.1, -0.05) is 0 Å². The van der Waals surface area contributed by atoms with Gasteiger partial charge in [0, 0.05) is 44.2 Å². The van der Waals surface area contributed by atoms with E-state index in [9.17, 15) is 22.7 Å². The maximum Gasteiger partial charge on any atom is 0.389 e. The Morgan fingerprint density at radius 2 is 1.78 bits per heavy atom. The van der Waals surface area contributed by atoms with Gasteiger partial charge in [-0.3, -0.25) is 4.90 Å². The maximum atomic E-state index is 13.4. The van der Waals surface area contributed by atoms with E-state index in [0.29, 0.717) is 26.2 Å². The number of alkyl halides is 3. The van der Waals surface area contributed by atoms with E-state index >= 15 is 0 Å². The highest BCUT2D eigenvalue weighted by molar-refractivity contribution is 5.85. The van der Waals surface area contributed by atoms with Crippen molar-refractivity contribution in [2.45, 2.75) is 25.1 Å². The average molecular weight is 379 g/mol. The summed E-state index contributed by atoms with van der Waals surface area (Å²) < 4.78 is 50.9. The molecule has 0 spiro atoms. The number of aromatic hydroxyl groups is 1. The van der Waals surface area contributed by atoms with Crippen LogP contribution in [0.2, 0.25) is 0 Å². The lowest BCUT2D eigenvalue weighted by Gasteiger charge is -2.35. The summed E-state index contributed by atoms with van der Waals surface area (Å²) in [5.74, 6) is -0.725. The fourth-order valence-corrected chi connectivity index (χ4v) is 2.62. The number of piperazine rings is 1. The summed E-state index contributed by atoms with van der Waals surface area (Å²) >= 11 is 0. The molecule has 2 rings (SSSR count). The summed E-state index contributed by atoms with van der Waals surface area (Å²) in [6.45, 7) is 2.47. The molecular weight excluding hydrogens is 359 g/mol. The Bertz CT molecular complexity index is 482. The summed E-state index contributed by atoms with van der Waals surface area (Å²) in [5.41, 5.74) is 0.223. The van der Waals surface area contributed by atoms with E-state index in [-0.39, 0.29) is 42.5 Å². The summed E-state index contributed by atoms with van der Waals surface area (Å²) in [4.78, 5) is 1.86. The number of nitrogens with zero attached hydrogens (tertiary/aromatic N) is 1. The second-order valence-corrected chi connectivity index (χ2v) is 5.16. The van der Waals surface area contributed by atoms with Gasteiger partial charge in [-0.2, -0.15) is 13.2 Å². The number of hydrogen-bond donors (Lipinski definition) is 2. The van der Waals surface area contributed by atoms with E-state index in [1.54, 1.807) is 0 Å². The molecule has 1 aromatic carbocycles. The molecule has 1 saturated heterocycles. The average Bonchev–Trinajstić information content (AvgIpc) is 2.43. The van der Waals surface area contributed by atoms with Crippen molar-refractivity contribution < 1.29 is 22.7 Å². The summed E-state index contributed by atoms with van der Waals surface area (Å²) in [5, 5.41) is 13.0. The highest BCUT2D eigenvalue weighted by Crippen LogP contribution is 2.35. The zero-order chi connectivity index (χ0) is 15.5. The monoisotopic (exact) mass is 378 g/mol. The molecule has 1 aliphatic heterocycles. The third-order valence-electron chi connectivity index (χ3n) is 3.64. The van der Waals surface area contributed by atoms with Gasteiger partial charge in [-0.25, -0.2) is 4.39 Å². The Balaban J connectivity index is 0.00000242. The van der Waals surface area contributed by atoms with Crippen molar-refractivity contribution in [3.05, 3.63) is 29.6 Å². The number of phenols is 1. The predicted octanol–water partition coefficient (Wildman–Crippen LogP) is 3.66. The predicted molar refractivity (Wildman–Crippen MR) is 85.0 cm³/mol. The number of benzene rings is 1. The molecule has 1 aromatic rings. The largest absolute Gasteiger partial charge is 0.508 e. The van der Waals surface area contributed by atoms with Gasteiger partial charge in [0.2, 0.25) is 0 Å². The van der Waals surface area contributed by atoms with Crippen LogP contribution in [-0.4, -0.2) is 42.4 Å². The summed E-state index contributed by atoms with van der Waals surface area (Å²) in [7, 11) is 0. The number of rotatable bonds is 4. The molecule has 1 fully saturated rings. The lowest BCUT2D eigenvalue weighted by molar-refractivity contribution is -0.138. The van der Waals surface area contributed by atoms with Gasteiger partial charge in [0.1, 0.15) is 11.6 Å². The Morgan fingerprint density at radius 1 is 1.17 bits per heavy atom. The topological polar surface area (TPSA) is 35.5 Å². The highest BCUT2D eigenvalue weighted by atomic mass is 35.5. The first-order chi connectivity index (χ1) is 9.87. The first-order valence-corrected chi connectivity index (χ1v) is 6.87. The Labute approximate surface area is 144 Å². The van der Waals surface area contributed by atoms with Gasteiger partial charge in [0.25, 0.3) is 0 Å². The minimum Gasteiger partial charge on any atom is -0.508 e. The van der Waals surface area contributed by atoms with Crippen molar-refractivity contribution in [2.24, 2.45) is 0 Å². The van der Waals surface area contributed by atoms with E-state index in [1.165, 1.54) is 6.07 Å². The summed E-state index contributed by atoms with van der Waals surface area (Å²) in [6, 6.07) is 2.77. The highest BCUT2D eigenvalue weighted by Gasteiger charge is 2.32. The lowest BCUT2D eigenvalue weighted by Crippen LogP contribution is -2.45. The van der Waals surface area contributed by atoms with Crippen LogP contribution in [0.25, 0.3) is 0 Å². The molecule has 3 nitrogen and oxygen atoms in total. The molecule has 1 aliphatic rings. The molecule has 23 heavy (non-hydrogen) atoms. The molecular formula is C14H20Cl2F4N2O. The third kappa shape index (κ3) is 6.71. The molecule has 0 bridgehead atoms. The molecule has 0 unspecified atom stereocenters. The van der Waals surface area contributed by atoms with Gasteiger partial charge in [0.05, 0.1) is 0 Å². The molecule has 0 radical (unpaired) electrons. The van der Waals surface area contributed by atoms with E-state index in [1.807, 2.05) is 4.90 Å². The van der Waals surface area contributed by atoms with Gasteiger partial charge in [-0.15, -0.1) is 24.8 Å². The van der Waals surface area contributed by atoms with Crippen molar-refractivity contribution in [3.8, 4) is 5.75 Å². The van der Waals surface area contributed by atoms with Crippen molar-refractivity contribution in [1.82, 2.24) is 10.2 Å². The molecule has 9 heteroatoms. The maximum absolute atomic E-state index is 13.4. The second-order valence-electron chi connectivity index (χ2n) is 5.16. The van der Waals surface area contributed by atoms with Crippen molar-refractivity contribution in [2.75, 3.05) is 26.2 Å². The molecule has 0 saturated carbocycles. The fraction of sp³-hybridized carbons (Fsp3) is 0.571. The van der Waals surface area contributed by atoms with Crippen LogP contribution in [0.15, 0.2) is 18.2 Å². The van der Waals surface area contributed by atoms with Crippen LogP contribution in [0, 0.1) is 5.82 Å². The van der Waals surface area contributed by atoms with Crippen LogP contribution < -0.4 is 5.32 Å². The van der Waals surface area contributed by atoms with Gasteiger partial charge >= 0.3 is 6.18 Å². The van der Waals surface area contributed by atoms with Crippen LogP contribution in [0.4, 0.5) is 17.6 Å². The molecule has 1 heterocycles. The lowest BCUT2D eigenvalue weighted by atomic mass is 9.98. The van der Waals surface area contributed by atoms with Crippen LogP contribution in [0.1, 0.15) is 24.4 Å². The molecule has 0 aromatic heterocycles. The number of hydrogen-bond acceptors (Lipinski definition) is 3. The van der Waals surface area contributed by atoms with Crippen LogP contribution >= 0.6 is 24.8 Å². The molecule has 0 aliphatic carbocycles. The smallest absolute Gasteiger partial charge is 0.389 e. The SMILES string of the molecule is Cl.Cl.Oc1ccc(F)cc1[C@@H](CCC(F)(F)F)N1CCNCC1. The minimum atomic E-state index is -4.27. The van der Waals surface area contributed by atoms with Crippen molar-refractivity contribution >= 4 is 24.8 Å². The Hall–Kier alpha value is -0.760. The zero-order valence-electron chi connectivity index (χ0n) is 12.3. The van der Waals surface area contributed by atoms with Gasteiger partial charge < -0.3 is 10.4 Å².